The molecule has 0 atom stereocenters. The van der Waals surface area contributed by atoms with Gasteiger partial charge in [-0.05, 0) is 48.8 Å². The lowest BCUT2D eigenvalue weighted by Gasteiger charge is -2.14. The van der Waals surface area contributed by atoms with Crippen molar-refractivity contribution >= 4 is 39.5 Å². The first-order chi connectivity index (χ1) is 14.3. The number of hydrogen-bond donors (Lipinski definition) is 0. The number of ether oxygens (including phenoxy) is 1. The van der Waals surface area contributed by atoms with Gasteiger partial charge in [0.2, 0.25) is 0 Å². The highest BCUT2D eigenvalue weighted by Gasteiger charge is 2.26. The summed E-state index contributed by atoms with van der Waals surface area (Å²) in [5.74, 6) is 0.668. The molecule has 0 N–H and O–H groups in total. The fraction of sp³-hybridized carbons (Fsp3) is 0.261. The summed E-state index contributed by atoms with van der Waals surface area (Å²) in [6.45, 7) is 2.20. The van der Waals surface area contributed by atoms with E-state index in [1.54, 1.807) is 12.4 Å². The number of benzene rings is 2. The molecule has 0 bridgehead atoms. The highest BCUT2D eigenvalue weighted by Crippen LogP contribution is 2.44. The van der Waals surface area contributed by atoms with Gasteiger partial charge in [-0.3, -0.25) is 14.3 Å². The van der Waals surface area contributed by atoms with Crippen LogP contribution in [-0.2, 0) is 9.53 Å². The van der Waals surface area contributed by atoms with E-state index in [9.17, 15) is 4.79 Å². The van der Waals surface area contributed by atoms with E-state index in [-0.39, 0.29) is 11.7 Å². The average Bonchev–Trinajstić information content (AvgIpc) is 3.52. The van der Waals surface area contributed by atoms with Crippen LogP contribution in [0.25, 0.3) is 27.5 Å². The van der Waals surface area contributed by atoms with E-state index in [1.165, 1.54) is 40.9 Å². The largest absolute Gasteiger partial charge is 0.465 e. The van der Waals surface area contributed by atoms with Crippen molar-refractivity contribution < 1.29 is 9.53 Å². The average molecular weight is 404 g/mol. The molecule has 2 aromatic heterocycles. The SMILES string of the molecule is CCOC(=O)CSc1nc2cnccc2n1-c1ccc(C2CC2)c2ccccc12. The van der Waals surface area contributed by atoms with E-state index in [2.05, 4.69) is 45.9 Å². The van der Waals surface area contributed by atoms with Crippen LogP contribution in [0.5, 0.6) is 0 Å². The fourth-order valence-electron chi connectivity index (χ4n) is 3.82. The van der Waals surface area contributed by atoms with Gasteiger partial charge in [-0.1, -0.05) is 42.1 Å². The van der Waals surface area contributed by atoms with Crippen LogP contribution in [0.15, 0.2) is 60.0 Å². The summed E-state index contributed by atoms with van der Waals surface area (Å²) >= 11 is 1.40. The quantitative estimate of drug-likeness (QED) is 0.331. The maximum atomic E-state index is 11.9. The predicted molar refractivity (Wildman–Crippen MR) is 116 cm³/mol. The minimum Gasteiger partial charge on any atom is -0.465 e. The zero-order valence-electron chi connectivity index (χ0n) is 16.2. The van der Waals surface area contributed by atoms with Gasteiger partial charge >= 0.3 is 5.97 Å². The number of fused-ring (bicyclic) bond motifs is 2. The molecule has 6 heteroatoms. The van der Waals surface area contributed by atoms with Gasteiger partial charge < -0.3 is 4.74 Å². The second-order valence-electron chi connectivity index (χ2n) is 7.18. The Bertz CT molecular complexity index is 1210. The second-order valence-corrected chi connectivity index (χ2v) is 8.12. The van der Waals surface area contributed by atoms with Crippen LogP contribution in [0, 0.1) is 0 Å². The van der Waals surface area contributed by atoms with Crippen molar-refractivity contribution in [3.05, 3.63) is 60.4 Å². The van der Waals surface area contributed by atoms with E-state index in [0.29, 0.717) is 12.5 Å². The first kappa shape index (κ1) is 18.2. The number of thioether (sulfide) groups is 1. The third-order valence-corrected chi connectivity index (χ3v) is 6.16. The zero-order chi connectivity index (χ0) is 19.8. The maximum Gasteiger partial charge on any atom is 0.316 e. The summed E-state index contributed by atoms with van der Waals surface area (Å²) in [6.07, 6.45) is 6.08. The Morgan fingerprint density at radius 2 is 2.00 bits per heavy atom. The molecule has 0 unspecified atom stereocenters. The molecule has 5 nitrogen and oxygen atoms in total. The van der Waals surface area contributed by atoms with E-state index in [4.69, 9.17) is 9.72 Å². The van der Waals surface area contributed by atoms with E-state index in [0.717, 1.165) is 21.9 Å². The molecule has 0 spiro atoms. The monoisotopic (exact) mass is 403 g/mol. The number of pyridine rings is 1. The van der Waals surface area contributed by atoms with Gasteiger partial charge in [-0.2, -0.15) is 0 Å². The molecule has 1 aliphatic rings. The maximum absolute atomic E-state index is 11.9. The Morgan fingerprint density at radius 3 is 2.79 bits per heavy atom. The second kappa shape index (κ2) is 7.52. The first-order valence-electron chi connectivity index (χ1n) is 9.89. The van der Waals surface area contributed by atoms with Crippen molar-refractivity contribution in [1.82, 2.24) is 14.5 Å². The van der Waals surface area contributed by atoms with Crippen LogP contribution in [-0.4, -0.2) is 32.9 Å². The topological polar surface area (TPSA) is 57.0 Å². The third-order valence-electron chi connectivity index (χ3n) is 5.24. The van der Waals surface area contributed by atoms with E-state index in [1.807, 2.05) is 13.0 Å². The summed E-state index contributed by atoms with van der Waals surface area (Å²) in [6, 6.07) is 15.0. The van der Waals surface area contributed by atoms with Crippen LogP contribution in [0.2, 0.25) is 0 Å². The summed E-state index contributed by atoms with van der Waals surface area (Å²) in [4.78, 5) is 20.9. The van der Waals surface area contributed by atoms with Gasteiger partial charge in [0.1, 0.15) is 5.52 Å². The molecular formula is C23H21N3O2S. The zero-order valence-corrected chi connectivity index (χ0v) is 17.0. The van der Waals surface area contributed by atoms with E-state index < -0.39 is 0 Å². The highest BCUT2D eigenvalue weighted by atomic mass is 32.2. The molecule has 146 valence electrons. The summed E-state index contributed by atoms with van der Waals surface area (Å²) < 4.78 is 7.23. The van der Waals surface area contributed by atoms with Gasteiger partial charge in [0.05, 0.1) is 29.8 Å². The Morgan fingerprint density at radius 1 is 1.17 bits per heavy atom. The number of imidazole rings is 1. The minimum absolute atomic E-state index is 0.225. The lowest BCUT2D eigenvalue weighted by atomic mass is 9.99. The van der Waals surface area contributed by atoms with Crippen LogP contribution in [0.4, 0.5) is 0 Å². The van der Waals surface area contributed by atoms with Crippen molar-refractivity contribution in [2.75, 3.05) is 12.4 Å². The Kier molecular flexibility index (Phi) is 4.72. The van der Waals surface area contributed by atoms with Gasteiger partial charge in [-0.15, -0.1) is 0 Å². The van der Waals surface area contributed by atoms with Crippen LogP contribution in [0.1, 0.15) is 31.2 Å². The van der Waals surface area contributed by atoms with Gasteiger partial charge in [0, 0.05) is 11.6 Å². The Balaban J connectivity index is 1.67. The Labute approximate surface area is 173 Å². The van der Waals surface area contributed by atoms with Crippen molar-refractivity contribution in [3.8, 4) is 5.69 Å². The molecule has 29 heavy (non-hydrogen) atoms. The van der Waals surface area contributed by atoms with Crippen LogP contribution < -0.4 is 0 Å². The van der Waals surface area contributed by atoms with Gasteiger partial charge in [0.25, 0.3) is 0 Å². The molecule has 0 aliphatic heterocycles. The molecule has 0 saturated heterocycles. The first-order valence-corrected chi connectivity index (χ1v) is 10.9. The lowest BCUT2D eigenvalue weighted by Crippen LogP contribution is -2.08. The molecule has 4 aromatic rings. The van der Waals surface area contributed by atoms with Crippen molar-refractivity contribution in [2.45, 2.75) is 30.8 Å². The third kappa shape index (κ3) is 3.38. The molecule has 1 aliphatic carbocycles. The molecule has 0 amide bonds. The molecule has 2 heterocycles. The number of rotatable bonds is 6. The standard InChI is InChI=1S/C23H21N3O2S/c1-2-28-22(27)14-29-23-25-19-13-24-12-11-21(19)26(23)20-10-9-16(15-7-8-15)17-5-3-4-6-18(17)20/h3-6,9-13,15H,2,7-8,14H2,1H3. The summed E-state index contributed by atoms with van der Waals surface area (Å²) in [7, 11) is 0. The normalized spacial score (nSPS) is 13.8. The molecule has 0 radical (unpaired) electrons. The summed E-state index contributed by atoms with van der Waals surface area (Å²) in [5.41, 5.74) is 4.30. The highest BCUT2D eigenvalue weighted by molar-refractivity contribution is 7.99. The molecule has 1 fully saturated rings. The van der Waals surface area contributed by atoms with Crippen molar-refractivity contribution in [3.63, 3.8) is 0 Å². The molecule has 2 aromatic carbocycles. The molecular weight excluding hydrogens is 382 g/mol. The number of carbonyl (C=O) groups excluding carboxylic acids is 1. The summed E-state index contributed by atoms with van der Waals surface area (Å²) in [5, 5.41) is 3.26. The number of aromatic nitrogens is 3. The van der Waals surface area contributed by atoms with Crippen LogP contribution >= 0.6 is 11.8 Å². The predicted octanol–water partition coefficient (Wildman–Crippen LogP) is 5.11. The smallest absolute Gasteiger partial charge is 0.316 e. The fourth-order valence-corrected chi connectivity index (χ4v) is 4.64. The minimum atomic E-state index is -0.233. The van der Waals surface area contributed by atoms with Crippen molar-refractivity contribution in [2.24, 2.45) is 0 Å². The van der Waals surface area contributed by atoms with Gasteiger partial charge in [0.15, 0.2) is 5.16 Å². The van der Waals surface area contributed by atoms with Crippen LogP contribution in [0.3, 0.4) is 0 Å². The number of carbonyl (C=O) groups is 1. The van der Waals surface area contributed by atoms with Gasteiger partial charge in [-0.25, -0.2) is 4.98 Å². The number of hydrogen-bond acceptors (Lipinski definition) is 5. The Hall–Kier alpha value is -2.86. The lowest BCUT2D eigenvalue weighted by molar-refractivity contribution is -0.139. The molecule has 1 saturated carbocycles. The van der Waals surface area contributed by atoms with Crippen molar-refractivity contribution in [1.29, 1.82) is 0 Å². The van der Waals surface area contributed by atoms with E-state index >= 15 is 0 Å². The molecule has 5 rings (SSSR count). The number of nitrogens with zero attached hydrogens (tertiary/aromatic N) is 3. The number of esters is 1.